The summed E-state index contributed by atoms with van der Waals surface area (Å²) >= 11 is 3.34. The van der Waals surface area contributed by atoms with Gasteiger partial charge in [0.1, 0.15) is 11.1 Å². The average Bonchev–Trinajstić information content (AvgIpc) is 2.50. The Morgan fingerprint density at radius 3 is 2.81 bits per heavy atom. The molecular formula is C16H21BrN6O3. The predicted molar refractivity (Wildman–Crippen MR) is 99.6 cm³/mol. The lowest BCUT2D eigenvalue weighted by Crippen LogP contribution is -2.53. The van der Waals surface area contributed by atoms with Gasteiger partial charge in [0.05, 0.1) is 6.61 Å². The molecule has 1 fully saturated rings. The third-order valence-corrected chi connectivity index (χ3v) is 4.09. The summed E-state index contributed by atoms with van der Waals surface area (Å²) in [6.07, 6.45) is 1.33. The van der Waals surface area contributed by atoms with Crippen LogP contribution >= 0.6 is 15.9 Å². The molecule has 1 aliphatic heterocycles. The zero-order chi connectivity index (χ0) is 18.9. The molecule has 2 aromatic heterocycles. The molecule has 0 bridgehead atoms. The number of anilines is 1. The van der Waals surface area contributed by atoms with E-state index in [4.69, 9.17) is 15.3 Å². The molecular weight excluding hydrogens is 404 g/mol. The molecule has 10 heteroatoms. The summed E-state index contributed by atoms with van der Waals surface area (Å²) in [6.45, 7) is 7.08. The number of carbonyl (C=O) groups excluding carboxylic acids is 1. The summed E-state index contributed by atoms with van der Waals surface area (Å²) in [6, 6.07) is 1.80. The highest BCUT2D eigenvalue weighted by Gasteiger charge is 2.34. The van der Waals surface area contributed by atoms with Crippen LogP contribution in [0.3, 0.4) is 0 Å². The maximum absolute atomic E-state index is 11.9. The second kappa shape index (κ2) is 7.20. The minimum absolute atomic E-state index is 0.198. The summed E-state index contributed by atoms with van der Waals surface area (Å²) in [5.41, 5.74) is 3.06. The lowest BCUT2D eigenvalue weighted by atomic mass is 10.0. The number of hydrazine groups is 1. The molecule has 2 aromatic rings. The normalized spacial score (nSPS) is 14.9. The van der Waals surface area contributed by atoms with E-state index in [9.17, 15) is 4.79 Å². The SMILES string of the molecule is CC(C)(C)OC(=O)N1CC(COc2nc3ncc(Br)cc3nc2NN)C1. The van der Waals surface area contributed by atoms with Crippen LogP contribution in [0.5, 0.6) is 5.88 Å². The highest BCUT2D eigenvalue weighted by molar-refractivity contribution is 9.10. The van der Waals surface area contributed by atoms with Gasteiger partial charge in [-0.15, -0.1) is 0 Å². The topological polar surface area (TPSA) is 115 Å². The average molecular weight is 425 g/mol. The molecule has 0 atom stereocenters. The number of ether oxygens (including phenoxy) is 2. The van der Waals surface area contributed by atoms with Crippen molar-refractivity contribution in [2.75, 3.05) is 25.1 Å². The second-order valence-corrected chi connectivity index (χ2v) is 8.00. The fraction of sp³-hybridized carbons (Fsp3) is 0.500. The smallest absolute Gasteiger partial charge is 0.410 e. The van der Waals surface area contributed by atoms with Crippen LogP contribution < -0.4 is 16.0 Å². The number of hydrogen-bond acceptors (Lipinski definition) is 8. The summed E-state index contributed by atoms with van der Waals surface area (Å²) in [5.74, 6) is 6.33. The molecule has 1 saturated heterocycles. The van der Waals surface area contributed by atoms with Gasteiger partial charge in [-0.1, -0.05) is 0 Å². The summed E-state index contributed by atoms with van der Waals surface area (Å²) < 4.78 is 11.9. The fourth-order valence-corrected chi connectivity index (χ4v) is 2.77. The van der Waals surface area contributed by atoms with Crippen molar-refractivity contribution in [2.24, 2.45) is 11.8 Å². The maximum Gasteiger partial charge on any atom is 0.410 e. The van der Waals surface area contributed by atoms with Crippen molar-refractivity contribution in [3.8, 4) is 5.88 Å². The number of nitrogen functional groups attached to an aromatic ring is 1. The first-order valence-electron chi connectivity index (χ1n) is 8.16. The number of nitrogens with two attached hydrogens (primary N) is 1. The van der Waals surface area contributed by atoms with Crippen molar-refractivity contribution in [2.45, 2.75) is 26.4 Å². The molecule has 0 aliphatic carbocycles. The van der Waals surface area contributed by atoms with E-state index in [-0.39, 0.29) is 17.9 Å². The molecule has 140 valence electrons. The Morgan fingerprint density at radius 1 is 1.42 bits per heavy atom. The minimum Gasteiger partial charge on any atom is -0.475 e. The number of aromatic nitrogens is 3. The van der Waals surface area contributed by atoms with E-state index in [2.05, 4.69) is 36.3 Å². The van der Waals surface area contributed by atoms with Crippen LogP contribution in [0.15, 0.2) is 16.7 Å². The second-order valence-electron chi connectivity index (χ2n) is 7.08. The summed E-state index contributed by atoms with van der Waals surface area (Å²) in [4.78, 5) is 26.5. The van der Waals surface area contributed by atoms with Crippen molar-refractivity contribution in [1.82, 2.24) is 19.9 Å². The zero-order valence-electron chi connectivity index (χ0n) is 14.8. The van der Waals surface area contributed by atoms with Gasteiger partial charge in [0.15, 0.2) is 5.65 Å². The van der Waals surface area contributed by atoms with Gasteiger partial charge < -0.3 is 19.8 Å². The molecule has 1 amide bonds. The molecule has 3 rings (SSSR count). The van der Waals surface area contributed by atoms with Gasteiger partial charge in [-0.05, 0) is 42.8 Å². The third kappa shape index (κ3) is 4.31. The summed E-state index contributed by atoms with van der Waals surface area (Å²) in [5, 5.41) is 0. The molecule has 1 aliphatic rings. The quantitative estimate of drug-likeness (QED) is 0.567. The Labute approximate surface area is 159 Å². The molecule has 0 saturated carbocycles. The third-order valence-electron chi connectivity index (χ3n) is 3.66. The van der Waals surface area contributed by atoms with Crippen molar-refractivity contribution in [3.05, 3.63) is 16.7 Å². The van der Waals surface area contributed by atoms with E-state index in [1.54, 1.807) is 17.2 Å². The number of likely N-dealkylation sites (tertiary alicyclic amines) is 1. The molecule has 26 heavy (non-hydrogen) atoms. The number of hydrogen-bond donors (Lipinski definition) is 2. The standard InChI is InChI=1S/C16H21BrN6O3/c1-16(2,3)26-15(24)23-6-9(7-23)8-25-14-13(22-18)20-11-4-10(17)5-19-12(11)21-14/h4-5,9H,6-8,18H2,1-3H3,(H,20,22). The highest BCUT2D eigenvalue weighted by atomic mass is 79.9. The Bertz CT molecular complexity index is 819. The van der Waals surface area contributed by atoms with Gasteiger partial charge in [-0.25, -0.2) is 20.6 Å². The first-order chi connectivity index (χ1) is 12.2. The lowest BCUT2D eigenvalue weighted by molar-refractivity contribution is -0.00803. The number of amides is 1. The fourth-order valence-electron chi connectivity index (χ4n) is 2.45. The van der Waals surface area contributed by atoms with Gasteiger partial charge >= 0.3 is 6.09 Å². The number of pyridine rings is 1. The Kier molecular flexibility index (Phi) is 5.15. The van der Waals surface area contributed by atoms with E-state index in [0.29, 0.717) is 36.7 Å². The van der Waals surface area contributed by atoms with Crippen LogP contribution in [0.1, 0.15) is 20.8 Å². The number of nitrogens with zero attached hydrogens (tertiary/aromatic N) is 4. The van der Waals surface area contributed by atoms with Crippen molar-refractivity contribution >= 4 is 39.0 Å². The van der Waals surface area contributed by atoms with E-state index in [0.717, 1.165) is 4.47 Å². The number of carbonyl (C=O) groups is 1. The molecule has 0 radical (unpaired) electrons. The molecule has 3 heterocycles. The van der Waals surface area contributed by atoms with E-state index >= 15 is 0 Å². The molecule has 0 aromatic carbocycles. The maximum atomic E-state index is 11.9. The largest absolute Gasteiger partial charge is 0.475 e. The zero-order valence-corrected chi connectivity index (χ0v) is 16.4. The number of halogens is 1. The number of nitrogens with one attached hydrogen (secondary N) is 1. The van der Waals surface area contributed by atoms with Gasteiger partial charge in [-0.3, -0.25) is 0 Å². The van der Waals surface area contributed by atoms with Gasteiger partial charge in [0, 0.05) is 29.7 Å². The van der Waals surface area contributed by atoms with Crippen molar-refractivity contribution < 1.29 is 14.3 Å². The molecule has 9 nitrogen and oxygen atoms in total. The van der Waals surface area contributed by atoms with Crippen LogP contribution in [-0.4, -0.2) is 51.2 Å². The van der Waals surface area contributed by atoms with Crippen LogP contribution in [-0.2, 0) is 4.74 Å². The summed E-state index contributed by atoms with van der Waals surface area (Å²) in [7, 11) is 0. The van der Waals surface area contributed by atoms with Crippen molar-refractivity contribution in [3.63, 3.8) is 0 Å². The Balaban J connectivity index is 1.59. The van der Waals surface area contributed by atoms with E-state index in [1.165, 1.54) is 0 Å². The minimum atomic E-state index is -0.497. The monoisotopic (exact) mass is 424 g/mol. The van der Waals surface area contributed by atoms with E-state index in [1.807, 2.05) is 20.8 Å². The van der Waals surface area contributed by atoms with Gasteiger partial charge in [0.25, 0.3) is 5.88 Å². The highest BCUT2D eigenvalue weighted by Crippen LogP contribution is 2.25. The molecule has 0 spiro atoms. The van der Waals surface area contributed by atoms with Crippen LogP contribution in [0.25, 0.3) is 11.2 Å². The van der Waals surface area contributed by atoms with Crippen LogP contribution in [0.4, 0.5) is 10.6 Å². The number of fused-ring (bicyclic) bond motifs is 1. The van der Waals surface area contributed by atoms with Crippen LogP contribution in [0, 0.1) is 5.92 Å². The van der Waals surface area contributed by atoms with Gasteiger partial charge in [-0.2, -0.15) is 4.98 Å². The lowest BCUT2D eigenvalue weighted by Gasteiger charge is -2.39. The molecule has 0 unspecified atom stereocenters. The Morgan fingerprint density at radius 2 is 2.15 bits per heavy atom. The first kappa shape index (κ1) is 18.6. The van der Waals surface area contributed by atoms with Gasteiger partial charge in [0.2, 0.25) is 5.82 Å². The molecule has 3 N–H and O–H groups in total. The first-order valence-corrected chi connectivity index (χ1v) is 8.95. The predicted octanol–water partition coefficient (Wildman–Crippen LogP) is 2.32. The van der Waals surface area contributed by atoms with Crippen molar-refractivity contribution in [1.29, 1.82) is 0 Å². The Hall–Kier alpha value is -2.20. The van der Waals surface area contributed by atoms with Crippen LogP contribution in [0.2, 0.25) is 0 Å². The van der Waals surface area contributed by atoms with E-state index < -0.39 is 5.60 Å². The number of rotatable bonds is 4.